The van der Waals surface area contributed by atoms with Crippen molar-refractivity contribution < 1.29 is 28.6 Å². The molecule has 0 fully saturated rings. The first-order valence-corrected chi connectivity index (χ1v) is 33.6. The molecule has 1 atom stereocenters. The lowest BCUT2D eigenvalue weighted by atomic mass is 10.0. The van der Waals surface area contributed by atoms with Gasteiger partial charge in [0.2, 0.25) is 0 Å². The van der Waals surface area contributed by atoms with E-state index in [0.717, 1.165) is 103 Å². The molecule has 0 aromatic rings. The lowest BCUT2D eigenvalue weighted by molar-refractivity contribution is -0.167. The minimum absolute atomic E-state index is 0.0864. The Bertz CT molecular complexity index is 1480. The monoisotopic (exact) mass is 1090 g/mol. The van der Waals surface area contributed by atoms with Crippen LogP contribution in [-0.2, 0) is 28.6 Å². The maximum absolute atomic E-state index is 12.9. The fourth-order valence-electron chi connectivity index (χ4n) is 9.62. The van der Waals surface area contributed by atoms with Crippen LogP contribution in [0.25, 0.3) is 0 Å². The van der Waals surface area contributed by atoms with Crippen LogP contribution in [-0.4, -0.2) is 37.2 Å². The number of rotatable bonds is 61. The topological polar surface area (TPSA) is 78.9 Å². The summed E-state index contributed by atoms with van der Waals surface area (Å²) in [5.74, 6) is -0.911. The second kappa shape index (κ2) is 66.1. The highest BCUT2D eigenvalue weighted by molar-refractivity contribution is 5.71. The van der Waals surface area contributed by atoms with Crippen molar-refractivity contribution in [1.82, 2.24) is 0 Å². The van der Waals surface area contributed by atoms with Crippen molar-refractivity contribution in [3.05, 3.63) is 85.1 Å². The fourth-order valence-corrected chi connectivity index (χ4v) is 9.62. The molecular formula is C72H126O6. The van der Waals surface area contributed by atoms with E-state index in [1.807, 2.05) is 0 Å². The number of hydrogen-bond acceptors (Lipinski definition) is 6. The highest BCUT2D eigenvalue weighted by atomic mass is 16.6. The second-order valence-corrected chi connectivity index (χ2v) is 22.4. The van der Waals surface area contributed by atoms with E-state index in [1.54, 1.807) is 0 Å². The number of ether oxygens (including phenoxy) is 3. The van der Waals surface area contributed by atoms with Crippen LogP contribution in [0, 0.1) is 0 Å². The van der Waals surface area contributed by atoms with Crippen LogP contribution in [0.1, 0.15) is 335 Å². The quantitative estimate of drug-likeness (QED) is 0.0261. The molecule has 0 aliphatic carbocycles. The highest BCUT2D eigenvalue weighted by Gasteiger charge is 2.19. The third-order valence-corrected chi connectivity index (χ3v) is 14.6. The summed E-state index contributed by atoms with van der Waals surface area (Å²) < 4.78 is 16.8. The van der Waals surface area contributed by atoms with E-state index >= 15 is 0 Å². The Morgan fingerprint density at radius 2 is 0.500 bits per heavy atom. The van der Waals surface area contributed by atoms with E-state index < -0.39 is 6.10 Å². The summed E-state index contributed by atoms with van der Waals surface area (Å²) in [6, 6.07) is 0. The Morgan fingerprint density at radius 3 is 0.795 bits per heavy atom. The molecule has 0 spiro atoms. The number of hydrogen-bond donors (Lipinski definition) is 0. The van der Waals surface area contributed by atoms with Gasteiger partial charge in [0.05, 0.1) is 0 Å². The molecule has 0 heterocycles. The molecule has 0 N–H and O–H groups in total. The van der Waals surface area contributed by atoms with Crippen molar-refractivity contribution in [2.75, 3.05) is 13.2 Å². The van der Waals surface area contributed by atoms with Gasteiger partial charge in [-0.15, -0.1) is 0 Å². The van der Waals surface area contributed by atoms with E-state index in [2.05, 4.69) is 106 Å². The zero-order valence-electron chi connectivity index (χ0n) is 51.7. The largest absolute Gasteiger partial charge is 0.462 e. The molecule has 0 aliphatic rings. The first-order chi connectivity index (χ1) is 38.5. The third-order valence-electron chi connectivity index (χ3n) is 14.6. The summed E-state index contributed by atoms with van der Waals surface area (Å²) in [5, 5.41) is 0. The average molecular weight is 1090 g/mol. The van der Waals surface area contributed by atoms with Gasteiger partial charge < -0.3 is 14.2 Å². The summed E-state index contributed by atoms with van der Waals surface area (Å²) in [7, 11) is 0. The molecule has 0 amide bonds. The van der Waals surface area contributed by atoms with Crippen molar-refractivity contribution in [2.45, 2.75) is 341 Å². The molecule has 0 radical (unpaired) electrons. The van der Waals surface area contributed by atoms with Crippen molar-refractivity contribution in [3.8, 4) is 0 Å². The molecule has 1 unspecified atom stereocenters. The molecule has 450 valence electrons. The average Bonchev–Trinajstić information content (AvgIpc) is 3.44. The molecule has 6 nitrogen and oxygen atoms in total. The number of carbonyl (C=O) groups excluding carboxylic acids is 3. The summed E-state index contributed by atoms with van der Waals surface area (Å²) >= 11 is 0. The molecular weight excluding hydrogens is 961 g/mol. The molecule has 0 saturated carbocycles. The molecule has 0 aromatic heterocycles. The van der Waals surface area contributed by atoms with Crippen molar-refractivity contribution in [1.29, 1.82) is 0 Å². The minimum Gasteiger partial charge on any atom is -0.462 e. The van der Waals surface area contributed by atoms with E-state index in [0.29, 0.717) is 19.3 Å². The number of allylic oxidation sites excluding steroid dienone is 14. The fraction of sp³-hybridized carbons (Fsp3) is 0.764. The Labute approximate surface area is 484 Å². The predicted molar refractivity (Wildman–Crippen MR) is 339 cm³/mol. The van der Waals surface area contributed by atoms with E-state index in [1.165, 1.54) is 193 Å². The van der Waals surface area contributed by atoms with Gasteiger partial charge in [-0.1, -0.05) is 305 Å². The van der Waals surface area contributed by atoms with Gasteiger partial charge in [0.25, 0.3) is 0 Å². The maximum Gasteiger partial charge on any atom is 0.306 e. The number of esters is 3. The van der Waals surface area contributed by atoms with Crippen LogP contribution in [0.4, 0.5) is 0 Å². The van der Waals surface area contributed by atoms with E-state index in [9.17, 15) is 14.4 Å². The number of carbonyl (C=O) groups is 3. The van der Waals surface area contributed by atoms with E-state index in [4.69, 9.17) is 14.2 Å². The Balaban J connectivity index is 4.07. The van der Waals surface area contributed by atoms with Crippen molar-refractivity contribution >= 4 is 17.9 Å². The van der Waals surface area contributed by atoms with Gasteiger partial charge >= 0.3 is 17.9 Å². The molecule has 78 heavy (non-hydrogen) atoms. The molecule has 0 saturated heterocycles. The molecule has 0 rings (SSSR count). The van der Waals surface area contributed by atoms with Crippen LogP contribution < -0.4 is 0 Å². The minimum atomic E-state index is -0.791. The lowest BCUT2D eigenvalue weighted by Crippen LogP contribution is -2.30. The summed E-state index contributed by atoms with van der Waals surface area (Å²) in [5.41, 5.74) is 0. The molecule has 0 bridgehead atoms. The van der Waals surface area contributed by atoms with Crippen molar-refractivity contribution in [2.24, 2.45) is 0 Å². The summed E-state index contributed by atoms with van der Waals surface area (Å²) in [6.45, 7) is 6.49. The predicted octanol–water partition coefficient (Wildman–Crippen LogP) is 23.1. The van der Waals surface area contributed by atoms with Gasteiger partial charge in [-0.2, -0.15) is 0 Å². The van der Waals surface area contributed by atoms with Gasteiger partial charge in [-0.05, 0) is 96.3 Å². The van der Waals surface area contributed by atoms with Crippen LogP contribution in [0.3, 0.4) is 0 Å². The first kappa shape index (κ1) is 74.6. The van der Waals surface area contributed by atoms with Gasteiger partial charge in [-0.3, -0.25) is 14.4 Å². The molecule has 0 aromatic carbocycles. The first-order valence-electron chi connectivity index (χ1n) is 33.6. The molecule has 0 aliphatic heterocycles. The third kappa shape index (κ3) is 63.4. The van der Waals surface area contributed by atoms with Gasteiger partial charge in [0, 0.05) is 19.3 Å². The van der Waals surface area contributed by atoms with Crippen LogP contribution in [0.2, 0.25) is 0 Å². The van der Waals surface area contributed by atoms with Gasteiger partial charge in [-0.25, -0.2) is 0 Å². The SMILES string of the molecule is CC/C=C\C/C=C\C/C=C\C/C=C\C/C=C\CCCCCC(=O)OC(COC(=O)CCCCCCCCCC)COC(=O)CCCCCCCCCCCCCCCCCCCCCCC/C=C\C/C=C\CCCCCCC. The summed E-state index contributed by atoms with van der Waals surface area (Å²) in [4.78, 5) is 38.1. The second-order valence-electron chi connectivity index (χ2n) is 22.4. The zero-order chi connectivity index (χ0) is 56.4. The Kier molecular flexibility index (Phi) is 63.2. The van der Waals surface area contributed by atoms with Crippen molar-refractivity contribution in [3.63, 3.8) is 0 Å². The van der Waals surface area contributed by atoms with Crippen LogP contribution in [0.15, 0.2) is 85.1 Å². The van der Waals surface area contributed by atoms with Gasteiger partial charge in [0.1, 0.15) is 13.2 Å². The van der Waals surface area contributed by atoms with Crippen LogP contribution in [0.5, 0.6) is 0 Å². The smallest absolute Gasteiger partial charge is 0.306 e. The molecule has 6 heteroatoms. The Morgan fingerprint density at radius 1 is 0.269 bits per heavy atom. The zero-order valence-corrected chi connectivity index (χ0v) is 51.7. The van der Waals surface area contributed by atoms with Gasteiger partial charge in [0.15, 0.2) is 6.10 Å². The van der Waals surface area contributed by atoms with Crippen LogP contribution >= 0.6 is 0 Å². The lowest BCUT2D eigenvalue weighted by Gasteiger charge is -2.18. The maximum atomic E-state index is 12.9. The summed E-state index contributed by atoms with van der Waals surface area (Å²) in [6.07, 6.45) is 87.8. The standard InChI is InChI=1S/C72H126O6/c1-4-7-10-13-16-19-21-23-25-27-29-30-31-32-33-34-35-36-37-38-39-40-41-42-44-45-47-49-51-53-56-59-62-65-71(74)77-68-69(67-76-70(73)64-61-58-55-18-15-12-9-6-3)78-72(75)66-63-60-57-54-52-50-48-46-43-28-26-24-22-20-17-14-11-8-5-2/h8,11,17,20-21,23-24,26-27,29,43,46,50,52,69H,4-7,9-10,12-16,18-19,22,25,28,30-42,44-45,47-49,51,53-68H2,1-3H3/b11-8-,20-17-,23-21-,26-24-,29-27-,46-43-,52-50-. The van der Waals surface area contributed by atoms with E-state index in [-0.39, 0.29) is 31.1 Å². The normalized spacial score (nSPS) is 12.6. The Hall–Kier alpha value is -3.41. The highest BCUT2D eigenvalue weighted by Crippen LogP contribution is 2.17. The number of unbranched alkanes of at least 4 members (excludes halogenated alkanes) is 36.